The number of hydrogen-bond acceptors (Lipinski definition) is 5. The van der Waals surface area contributed by atoms with Crippen molar-refractivity contribution in [3.8, 4) is 0 Å². The van der Waals surface area contributed by atoms with Crippen LogP contribution >= 0.6 is 0 Å². The van der Waals surface area contributed by atoms with Crippen LogP contribution in [0.25, 0.3) is 0 Å². The highest BCUT2D eigenvalue weighted by molar-refractivity contribution is 6.74. The maximum Gasteiger partial charge on any atom is 0.192 e. The van der Waals surface area contributed by atoms with Gasteiger partial charge in [-0.15, -0.1) is 0 Å². The van der Waals surface area contributed by atoms with E-state index in [1.807, 2.05) is 7.85 Å². The first kappa shape index (κ1) is 24.3. The van der Waals surface area contributed by atoms with Gasteiger partial charge in [0.25, 0.3) is 0 Å². The van der Waals surface area contributed by atoms with Crippen molar-refractivity contribution in [2.24, 2.45) is 0 Å². The molecule has 1 aliphatic heterocycles. The fraction of sp³-hybridized carbons (Fsp3) is 1.00. The van der Waals surface area contributed by atoms with Crippen molar-refractivity contribution < 1.29 is 23.8 Å². The van der Waals surface area contributed by atoms with Crippen LogP contribution in [0.5, 0.6) is 0 Å². The van der Waals surface area contributed by atoms with Gasteiger partial charge in [0.15, 0.2) is 16.6 Å². The maximum absolute atomic E-state index is 10.1. The molecule has 0 amide bonds. The number of aliphatic hydroxyl groups is 2. The predicted molar refractivity (Wildman–Crippen MR) is 114 cm³/mol. The summed E-state index contributed by atoms with van der Waals surface area (Å²) >= 11 is 0. The quantitative estimate of drug-likeness (QED) is 0.666. The summed E-state index contributed by atoms with van der Waals surface area (Å²) in [6, 6.07) is -0.252. The molecule has 26 heavy (non-hydrogen) atoms. The minimum atomic E-state index is -2.15. The molecule has 0 aromatic heterocycles. The Morgan fingerprint density at radius 2 is 1.27 bits per heavy atom. The predicted octanol–water partition coefficient (Wildman–Crippen LogP) is 2.48. The van der Waals surface area contributed by atoms with Crippen molar-refractivity contribution in [3.05, 3.63) is 0 Å². The van der Waals surface area contributed by atoms with Crippen molar-refractivity contribution in [1.29, 1.82) is 0 Å². The molecule has 0 saturated carbocycles. The molecule has 0 spiro atoms. The van der Waals surface area contributed by atoms with E-state index >= 15 is 0 Å². The average Bonchev–Trinajstić information content (AvgIpc) is 2.69. The van der Waals surface area contributed by atoms with Crippen molar-refractivity contribution >= 4 is 24.5 Å². The third kappa shape index (κ3) is 4.64. The van der Waals surface area contributed by atoms with E-state index in [2.05, 4.69) is 67.7 Å². The smallest absolute Gasteiger partial charge is 0.192 e. The molecule has 1 heterocycles. The van der Waals surface area contributed by atoms with Crippen LogP contribution < -0.4 is 0 Å². The van der Waals surface area contributed by atoms with Crippen LogP contribution in [-0.4, -0.2) is 71.7 Å². The highest BCUT2D eigenvalue weighted by atomic mass is 28.4. The number of ether oxygens (including phenoxy) is 1. The summed E-state index contributed by atoms with van der Waals surface area (Å²) in [5.74, 6) is 0. The number of aliphatic hydroxyl groups excluding tert-OH is 2. The lowest BCUT2D eigenvalue weighted by Crippen LogP contribution is -2.59. The van der Waals surface area contributed by atoms with Crippen LogP contribution in [0.1, 0.15) is 41.5 Å². The Hall–Kier alpha value is 0.299. The SMILES string of the molecule is B[C@@H]1OC(CO)(CO)[C@@H](O[Si](C)(C)C(C)(C)C)C1O[Si](C)(C)C(C)(C)C. The molecule has 0 aromatic carbocycles. The Morgan fingerprint density at radius 1 is 0.885 bits per heavy atom. The lowest BCUT2D eigenvalue weighted by molar-refractivity contribution is -0.121. The molecule has 1 saturated heterocycles. The highest BCUT2D eigenvalue weighted by Crippen LogP contribution is 2.45. The first-order valence-electron chi connectivity index (χ1n) is 9.69. The zero-order valence-corrected chi connectivity index (χ0v) is 20.8. The van der Waals surface area contributed by atoms with Gasteiger partial charge in [0.2, 0.25) is 0 Å². The zero-order chi connectivity index (χ0) is 20.8. The molecule has 3 atom stereocenters. The van der Waals surface area contributed by atoms with Crippen LogP contribution in [0.15, 0.2) is 0 Å². The maximum atomic E-state index is 10.1. The van der Waals surface area contributed by atoms with Crippen molar-refractivity contribution in [1.82, 2.24) is 0 Å². The number of hydrogen-bond donors (Lipinski definition) is 2. The fourth-order valence-electron chi connectivity index (χ4n) is 2.70. The third-order valence-corrected chi connectivity index (χ3v) is 15.6. The molecule has 1 unspecified atom stereocenters. The van der Waals surface area contributed by atoms with Gasteiger partial charge in [0.1, 0.15) is 19.6 Å². The molecule has 154 valence electrons. The third-order valence-electron chi connectivity index (χ3n) is 6.70. The van der Waals surface area contributed by atoms with Crippen molar-refractivity contribution in [2.75, 3.05) is 13.2 Å². The molecule has 0 aromatic rings. The second kappa shape index (κ2) is 7.61. The lowest BCUT2D eigenvalue weighted by Gasteiger charge is -2.45. The summed E-state index contributed by atoms with van der Waals surface area (Å²) in [5.41, 5.74) is -1.12. The van der Waals surface area contributed by atoms with Crippen molar-refractivity contribution in [3.63, 3.8) is 0 Å². The van der Waals surface area contributed by atoms with Crippen LogP contribution in [0.3, 0.4) is 0 Å². The van der Waals surface area contributed by atoms with E-state index in [4.69, 9.17) is 13.6 Å². The van der Waals surface area contributed by atoms with Gasteiger partial charge in [-0.1, -0.05) is 41.5 Å². The topological polar surface area (TPSA) is 68.2 Å². The summed E-state index contributed by atoms with van der Waals surface area (Å²) in [5, 5.41) is 20.2. The van der Waals surface area contributed by atoms with Gasteiger partial charge < -0.3 is 23.8 Å². The Bertz CT molecular complexity index is 481. The molecular weight excluding hydrogens is 363 g/mol. The summed E-state index contributed by atoms with van der Waals surface area (Å²) < 4.78 is 19.5. The Labute approximate surface area is 163 Å². The van der Waals surface area contributed by atoms with Gasteiger partial charge in [-0.05, 0) is 36.3 Å². The van der Waals surface area contributed by atoms with E-state index in [1.165, 1.54) is 0 Å². The average molecular weight is 405 g/mol. The standard InChI is InChI=1S/C18H41BO5Si2/c1-16(2,3)25(7,8)23-13-14(24-26(9,10)17(4,5)6)18(11-20,12-21)22-15(13)19/h13-15,20-21H,11-12,19H2,1-10H3/t13?,14-,15+/m0/s1. The molecule has 0 bridgehead atoms. The summed E-state index contributed by atoms with van der Waals surface area (Å²) in [6.07, 6.45) is -0.785. The second-order valence-electron chi connectivity index (χ2n) is 10.8. The molecule has 2 N–H and O–H groups in total. The van der Waals surface area contributed by atoms with Crippen LogP contribution in [0, 0.1) is 0 Å². The van der Waals surface area contributed by atoms with E-state index in [9.17, 15) is 10.2 Å². The molecule has 5 nitrogen and oxygen atoms in total. The Morgan fingerprint density at radius 3 is 1.62 bits per heavy atom. The van der Waals surface area contributed by atoms with Gasteiger partial charge >= 0.3 is 0 Å². The second-order valence-corrected chi connectivity index (χ2v) is 20.4. The fourth-order valence-corrected chi connectivity index (χ4v) is 5.38. The van der Waals surface area contributed by atoms with E-state index < -0.39 is 28.3 Å². The molecule has 1 aliphatic rings. The summed E-state index contributed by atoms with van der Waals surface area (Å²) in [7, 11) is -2.27. The molecule has 0 aliphatic carbocycles. The minimum absolute atomic E-state index is 0.0109. The van der Waals surface area contributed by atoms with Gasteiger partial charge in [0, 0.05) is 0 Å². The zero-order valence-electron chi connectivity index (χ0n) is 18.8. The number of rotatable bonds is 6. The Kier molecular flexibility index (Phi) is 7.12. The molecule has 1 rings (SSSR count). The van der Waals surface area contributed by atoms with E-state index in [1.54, 1.807) is 0 Å². The highest BCUT2D eigenvalue weighted by Gasteiger charge is 2.58. The molecular formula is C18H41BO5Si2. The van der Waals surface area contributed by atoms with E-state index in [0.717, 1.165) is 0 Å². The van der Waals surface area contributed by atoms with Crippen molar-refractivity contribution in [2.45, 2.75) is 102 Å². The molecule has 0 radical (unpaired) electrons. The van der Waals surface area contributed by atoms with Gasteiger partial charge in [0.05, 0.1) is 25.3 Å². The first-order valence-corrected chi connectivity index (χ1v) is 15.5. The van der Waals surface area contributed by atoms with E-state index in [0.29, 0.717) is 0 Å². The van der Waals surface area contributed by atoms with E-state index in [-0.39, 0.29) is 35.4 Å². The molecule has 8 heteroatoms. The van der Waals surface area contributed by atoms with Crippen LogP contribution in [-0.2, 0) is 13.6 Å². The Balaban J connectivity index is 3.30. The van der Waals surface area contributed by atoms with Crippen LogP contribution in [0.2, 0.25) is 36.3 Å². The monoisotopic (exact) mass is 404 g/mol. The largest absolute Gasteiger partial charge is 0.409 e. The van der Waals surface area contributed by atoms with Gasteiger partial charge in [-0.2, -0.15) is 0 Å². The normalized spacial score (nSPS) is 27.8. The van der Waals surface area contributed by atoms with Gasteiger partial charge in [-0.25, -0.2) is 0 Å². The lowest BCUT2D eigenvalue weighted by atomic mass is 9.90. The summed E-state index contributed by atoms with van der Waals surface area (Å²) in [6.45, 7) is 21.4. The minimum Gasteiger partial charge on any atom is -0.409 e. The van der Waals surface area contributed by atoms with Gasteiger partial charge in [-0.3, -0.25) is 0 Å². The summed E-state index contributed by atoms with van der Waals surface area (Å²) in [4.78, 5) is 0. The van der Waals surface area contributed by atoms with Crippen LogP contribution in [0.4, 0.5) is 0 Å². The molecule has 1 fully saturated rings. The first-order chi connectivity index (χ1) is 11.4.